The van der Waals surface area contributed by atoms with E-state index >= 15 is 0 Å². The monoisotopic (exact) mass is 457 g/mol. The minimum Gasteiger partial charge on any atom is -0.486 e. The first-order chi connectivity index (χ1) is 16.5. The standard InChI is InChI=1S/C26H19NO7/c28-22(27-12-15-13-32-20-10-3-4-11-21(20)34-15)14-33-26(31)19-9-5-8-18-23(19)25(30)17-7-2-1-6-16(17)24(18)29/h1-11,15H,12-14H2,(H,27,28). The average Bonchev–Trinajstić information content (AvgIpc) is 2.88. The molecule has 170 valence electrons. The van der Waals surface area contributed by atoms with E-state index in [1.54, 1.807) is 36.4 Å². The third kappa shape index (κ3) is 3.90. The molecule has 1 aliphatic carbocycles. The highest BCUT2D eigenvalue weighted by molar-refractivity contribution is 6.30. The highest BCUT2D eigenvalue weighted by Gasteiger charge is 2.33. The fourth-order valence-corrected chi connectivity index (χ4v) is 3.97. The molecule has 0 saturated heterocycles. The van der Waals surface area contributed by atoms with Crippen LogP contribution in [0.2, 0.25) is 0 Å². The van der Waals surface area contributed by atoms with Crippen LogP contribution in [-0.2, 0) is 9.53 Å². The molecular formula is C26H19NO7. The zero-order valence-corrected chi connectivity index (χ0v) is 17.9. The summed E-state index contributed by atoms with van der Waals surface area (Å²) < 4.78 is 16.5. The molecule has 0 radical (unpaired) electrons. The van der Waals surface area contributed by atoms with Crippen LogP contribution in [0, 0.1) is 0 Å². The number of rotatable bonds is 5. The van der Waals surface area contributed by atoms with Gasteiger partial charge in [-0.25, -0.2) is 4.79 Å². The summed E-state index contributed by atoms with van der Waals surface area (Å²) in [5.41, 5.74) is 0.592. The van der Waals surface area contributed by atoms with E-state index in [4.69, 9.17) is 14.2 Å². The third-order valence-corrected chi connectivity index (χ3v) is 5.60. The van der Waals surface area contributed by atoms with Crippen LogP contribution in [0.1, 0.15) is 42.2 Å². The molecule has 0 saturated carbocycles. The number of benzene rings is 3. The van der Waals surface area contributed by atoms with Crippen LogP contribution in [0.5, 0.6) is 11.5 Å². The van der Waals surface area contributed by atoms with Gasteiger partial charge in [0, 0.05) is 22.3 Å². The van der Waals surface area contributed by atoms with Crippen LogP contribution >= 0.6 is 0 Å². The molecule has 3 aromatic rings. The van der Waals surface area contributed by atoms with E-state index in [0.29, 0.717) is 17.1 Å². The predicted octanol–water partition coefficient (Wildman–Crippen LogP) is 2.58. The molecule has 5 rings (SSSR count). The van der Waals surface area contributed by atoms with Gasteiger partial charge >= 0.3 is 5.97 Å². The molecule has 34 heavy (non-hydrogen) atoms. The Morgan fingerprint density at radius 3 is 2.32 bits per heavy atom. The van der Waals surface area contributed by atoms with Gasteiger partial charge in [0.1, 0.15) is 12.7 Å². The van der Waals surface area contributed by atoms with E-state index < -0.39 is 24.3 Å². The maximum Gasteiger partial charge on any atom is 0.339 e. The lowest BCUT2D eigenvalue weighted by atomic mass is 9.82. The zero-order chi connectivity index (χ0) is 23.7. The highest BCUT2D eigenvalue weighted by Crippen LogP contribution is 2.31. The molecule has 1 heterocycles. The molecule has 8 heteroatoms. The number of ether oxygens (including phenoxy) is 3. The van der Waals surface area contributed by atoms with E-state index in [0.717, 1.165) is 0 Å². The Hall–Kier alpha value is -4.46. The van der Waals surface area contributed by atoms with Gasteiger partial charge in [-0.05, 0) is 18.2 Å². The molecule has 0 bridgehead atoms. The maximum absolute atomic E-state index is 13.0. The number of esters is 1. The van der Waals surface area contributed by atoms with E-state index in [1.165, 1.54) is 18.2 Å². The van der Waals surface area contributed by atoms with Crippen molar-refractivity contribution < 1.29 is 33.4 Å². The molecular weight excluding hydrogens is 438 g/mol. The van der Waals surface area contributed by atoms with E-state index in [1.807, 2.05) is 12.1 Å². The first-order valence-corrected chi connectivity index (χ1v) is 10.7. The van der Waals surface area contributed by atoms with Crippen molar-refractivity contribution in [1.29, 1.82) is 0 Å². The number of para-hydroxylation sites is 2. The Balaban J connectivity index is 1.22. The van der Waals surface area contributed by atoms with Gasteiger partial charge in [-0.2, -0.15) is 0 Å². The number of nitrogens with one attached hydrogen (secondary N) is 1. The van der Waals surface area contributed by atoms with Gasteiger partial charge in [-0.15, -0.1) is 0 Å². The Morgan fingerprint density at radius 2 is 1.53 bits per heavy atom. The first-order valence-electron chi connectivity index (χ1n) is 10.7. The molecule has 1 unspecified atom stereocenters. The van der Waals surface area contributed by atoms with Gasteiger partial charge in [-0.3, -0.25) is 14.4 Å². The lowest BCUT2D eigenvalue weighted by molar-refractivity contribution is -0.124. The summed E-state index contributed by atoms with van der Waals surface area (Å²) in [6.45, 7) is -0.120. The van der Waals surface area contributed by atoms with Crippen LogP contribution in [0.25, 0.3) is 0 Å². The Morgan fingerprint density at radius 1 is 0.853 bits per heavy atom. The normalized spacial score (nSPS) is 15.7. The molecule has 3 aromatic carbocycles. The van der Waals surface area contributed by atoms with Crippen LogP contribution in [-0.4, -0.2) is 49.3 Å². The zero-order valence-electron chi connectivity index (χ0n) is 17.9. The molecule has 0 fully saturated rings. The van der Waals surface area contributed by atoms with Crippen molar-refractivity contribution in [3.63, 3.8) is 0 Å². The fraction of sp³-hybridized carbons (Fsp3) is 0.154. The molecule has 1 amide bonds. The molecule has 0 aromatic heterocycles. The van der Waals surface area contributed by atoms with Crippen molar-refractivity contribution in [3.8, 4) is 11.5 Å². The van der Waals surface area contributed by atoms with Crippen LogP contribution < -0.4 is 14.8 Å². The van der Waals surface area contributed by atoms with Gasteiger partial charge in [0.05, 0.1) is 12.1 Å². The van der Waals surface area contributed by atoms with Crippen molar-refractivity contribution in [3.05, 3.63) is 94.5 Å². The van der Waals surface area contributed by atoms with Gasteiger partial charge < -0.3 is 19.5 Å². The number of hydrogen-bond acceptors (Lipinski definition) is 7. The molecule has 1 N–H and O–H groups in total. The SMILES string of the molecule is O=C(COC(=O)c1cccc2c1C(=O)c1ccccc1C2=O)NCC1COc2ccccc2O1. The summed E-state index contributed by atoms with van der Waals surface area (Å²) in [7, 11) is 0. The third-order valence-electron chi connectivity index (χ3n) is 5.60. The van der Waals surface area contributed by atoms with Gasteiger partial charge in [0.25, 0.3) is 5.91 Å². The number of fused-ring (bicyclic) bond motifs is 3. The number of ketones is 2. The quantitative estimate of drug-likeness (QED) is 0.459. The summed E-state index contributed by atoms with van der Waals surface area (Å²) in [4.78, 5) is 50.8. The van der Waals surface area contributed by atoms with Crippen LogP contribution in [0.15, 0.2) is 66.7 Å². The topological polar surface area (TPSA) is 108 Å². The van der Waals surface area contributed by atoms with Crippen LogP contribution in [0.3, 0.4) is 0 Å². The second-order valence-electron chi connectivity index (χ2n) is 7.81. The number of carbonyl (C=O) groups is 4. The number of amides is 1. The Kier molecular flexibility index (Phi) is 5.55. The average molecular weight is 457 g/mol. The van der Waals surface area contributed by atoms with E-state index in [-0.39, 0.29) is 47.3 Å². The van der Waals surface area contributed by atoms with Crippen molar-refractivity contribution in [2.75, 3.05) is 19.8 Å². The minimum absolute atomic E-state index is 0.0111. The smallest absolute Gasteiger partial charge is 0.339 e. The minimum atomic E-state index is -0.862. The summed E-state index contributed by atoms with van der Waals surface area (Å²) in [6, 6.07) is 18.1. The lowest BCUT2D eigenvalue weighted by Crippen LogP contribution is -2.42. The largest absolute Gasteiger partial charge is 0.486 e. The molecule has 2 aliphatic rings. The maximum atomic E-state index is 13.0. The molecule has 1 aliphatic heterocycles. The second-order valence-corrected chi connectivity index (χ2v) is 7.81. The fourth-order valence-electron chi connectivity index (χ4n) is 3.97. The summed E-state index contributed by atoms with van der Waals surface area (Å²) in [5.74, 6) is -0.937. The van der Waals surface area contributed by atoms with Crippen molar-refractivity contribution in [2.24, 2.45) is 0 Å². The Labute approximate surface area is 194 Å². The molecule has 8 nitrogen and oxygen atoms in total. The van der Waals surface area contributed by atoms with Gasteiger partial charge in [0.2, 0.25) is 0 Å². The highest BCUT2D eigenvalue weighted by atomic mass is 16.6. The van der Waals surface area contributed by atoms with Gasteiger partial charge in [-0.1, -0.05) is 48.5 Å². The molecule has 1 atom stereocenters. The first kappa shape index (κ1) is 21.4. The predicted molar refractivity (Wildman–Crippen MR) is 119 cm³/mol. The lowest BCUT2D eigenvalue weighted by Gasteiger charge is -2.26. The van der Waals surface area contributed by atoms with Crippen molar-refractivity contribution in [1.82, 2.24) is 5.32 Å². The number of hydrogen-bond donors (Lipinski definition) is 1. The summed E-state index contributed by atoms with van der Waals surface area (Å²) in [6.07, 6.45) is -0.389. The summed E-state index contributed by atoms with van der Waals surface area (Å²) >= 11 is 0. The Bertz CT molecular complexity index is 1330. The summed E-state index contributed by atoms with van der Waals surface area (Å²) in [5, 5.41) is 2.64. The van der Waals surface area contributed by atoms with Crippen molar-refractivity contribution >= 4 is 23.4 Å². The van der Waals surface area contributed by atoms with Gasteiger partial charge in [0.15, 0.2) is 29.7 Å². The van der Waals surface area contributed by atoms with Crippen LogP contribution in [0.4, 0.5) is 0 Å². The number of carbonyl (C=O) groups excluding carboxylic acids is 4. The molecule has 0 spiro atoms. The van der Waals surface area contributed by atoms with E-state index in [2.05, 4.69) is 5.32 Å². The van der Waals surface area contributed by atoms with Crippen molar-refractivity contribution in [2.45, 2.75) is 6.10 Å². The second kappa shape index (κ2) is 8.82. The van der Waals surface area contributed by atoms with E-state index in [9.17, 15) is 19.2 Å².